The van der Waals surface area contributed by atoms with E-state index < -0.39 is 0 Å². The summed E-state index contributed by atoms with van der Waals surface area (Å²) in [6.45, 7) is 4.49. The molecule has 5 heteroatoms. The number of nitrogens with zero attached hydrogens (tertiary/aromatic N) is 1. The number of amides is 1. The Morgan fingerprint density at radius 1 is 1.16 bits per heavy atom. The fraction of sp³-hybridized carbons (Fsp3) is 0.350. The SMILES string of the molecule is COc1ccc(Cl)cc1C(=O)Nc1ccc(N2CCC(C)CC2)cc1. The van der Waals surface area contributed by atoms with E-state index in [9.17, 15) is 4.79 Å². The first-order valence-electron chi connectivity index (χ1n) is 8.56. The average molecular weight is 359 g/mol. The maximum Gasteiger partial charge on any atom is 0.259 e. The van der Waals surface area contributed by atoms with Gasteiger partial charge in [-0.05, 0) is 61.2 Å². The van der Waals surface area contributed by atoms with Crippen molar-refractivity contribution in [1.29, 1.82) is 0 Å². The van der Waals surface area contributed by atoms with E-state index >= 15 is 0 Å². The van der Waals surface area contributed by atoms with E-state index in [1.807, 2.05) is 12.1 Å². The zero-order chi connectivity index (χ0) is 17.8. The molecule has 1 aliphatic rings. The molecule has 2 aromatic rings. The summed E-state index contributed by atoms with van der Waals surface area (Å²) in [4.78, 5) is 14.9. The molecule has 1 heterocycles. The second kappa shape index (κ2) is 7.79. The van der Waals surface area contributed by atoms with Crippen molar-refractivity contribution in [3.8, 4) is 5.75 Å². The van der Waals surface area contributed by atoms with Crippen LogP contribution in [-0.4, -0.2) is 26.1 Å². The number of hydrogen-bond donors (Lipinski definition) is 1. The van der Waals surface area contributed by atoms with Crippen LogP contribution in [0.3, 0.4) is 0 Å². The first kappa shape index (κ1) is 17.6. The Balaban J connectivity index is 1.69. The van der Waals surface area contributed by atoms with Gasteiger partial charge in [0.2, 0.25) is 0 Å². The van der Waals surface area contributed by atoms with Gasteiger partial charge in [0.05, 0.1) is 12.7 Å². The molecule has 1 saturated heterocycles. The lowest BCUT2D eigenvalue weighted by atomic mass is 9.99. The standard InChI is InChI=1S/C20H23ClN2O2/c1-14-9-11-23(12-10-14)17-6-4-16(5-7-17)22-20(24)18-13-15(21)3-8-19(18)25-2/h3-8,13-14H,9-12H2,1-2H3,(H,22,24). The Bertz CT molecular complexity index is 738. The fourth-order valence-electron chi connectivity index (χ4n) is 3.08. The van der Waals surface area contributed by atoms with Gasteiger partial charge in [-0.2, -0.15) is 0 Å². The second-order valence-corrected chi connectivity index (χ2v) is 6.95. The third kappa shape index (κ3) is 4.26. The van der Waals surface area contributed by atoms with Crippen LogP contribution in [0.25, 0.3) is 0 Å². The molecule has 2 aromatic carbocycles. The zero-order valence-corrected chi connectivity index (χ0v) is 15.3. The van der Waals surface area contributed by atoms with Crippen LogP contribution in [0.2, 0.25) is 5.02 Å². The molecule has 0 radical (unpaired) electrons. The summed E-state index contributed by atoms with van der Waals surface area (Å²) in [5, 5.41) is 3.40. The van der Waals surface area contributed by atoms with Crippen LogP contribution in [-0.2, 0) is 0 Å². The summed E-state index contributed by atoms with van der Waals surface area (Å²) in [5.74, 6) is 1.07. The molecule has 3 rings (SSSR count). The van der Waals surface area contributed by atoms with E-state index in [0.29, 0.717) is 16.3 Å². The quantitative estimate of drug-likeness (QED) is 0.850. The van der Waals surface area contributed by atoms with Crippen LogP contribution >= 0.6 is 11.6 Å². The van der Waals surface area contributed by atoms with Crippen molar-refractivity contribution in [2.24, 2.45) is 5.92 Å². The molecule has 1 amide bonds. The molecule has 1 fully saturated rings. The average Bonchev–Trinajstić information content (AvgIpc) is 2.63. The van der Waals surface area contributed by atoms with Crippen LogP contribution in [0.1, 0.15) is 30.1 Å². The largest absolute Gasteiger partial charge is 0.496 e. The number of carbonyl (C=O) groups excluding carboxylic acids is 1. The van der Waals surface area contributed by atoms with Crippen molar-refractivity contribution in [1.82, 2.24) is 0 Å². The maximum absolute atomic E-state index is 12.5. The Morgan fingerprint density at radius 3 is 2.48 bits per heavy atom. The van der Waals surface area contributed by atoms with Gasteiger partial charge in [0.1, 0.15) is 5.75 Å². The van der Waals surface area contributed by atoms with Crippen molar-refractivity contribution < 1.29 is 9.53 Å². The van der Waals surface area contributed by atoms with Gasteiger partial charge in [-0.15, -0.1) is 0 Å². The van der Waals surface area contributed by atoms with E-state index in [1.54, 1.807) is 18.2 Å². The third-order valence-electron chi connectivity index (χ3n) is 4.68. The number of halogens is 1. The number of methoxy groups -OCH3 is 1. The third-order valence-corrected chi connectivity index (χ3v) is 4.92. The van der Waals surface area contributed by atoms with Crippen molar-refractivity contribution in [2.75, 3.05) is 30.4 Å². The van der Waals surface area contributed by atoms with E-state index in [0.717, 1.165) is 24.7 Å². The molecule has 0 spiro atoms. The van der Waals surface area contributed by atoms with Gasteiger partial charge < -0.3 is 15.0 Å². The molecular formula is C20H23ClN2O2. The Labute approximate surface area is 153 Å². The number of benzene rings is 2. The highest BCUT2D eigenvalue weighted by molar-refractivity contribution is 6.31. The molecule has 4 nitrogen and oxygen atoms in total. The molecule has 0 aromatic heterocycles. The monoisotopic (exact) mass is 358 g/mol. The highest BCUT2D eigenvalue weighted by Gasteiger charge is 2.16. The van der Waals surface area contributed by atoms with E-state index in [-0.39, 0.29) is 5.91 Å². The predicted molar refractivity (Wildman–Crippen MR) is 103 cm³/mol. The molecule has 1 N–H and O–H groups in total. The molecule has 132 valence electrons. The number of rotatable bonds is 4. The Hall–Kier alpha value is -2.20. The van der Waals surface area contributed by atoms with Crippen molar-refractivity contribution >= 4 is 28.9 Å². The lowest BCUT2D eigenvalue weighted by molar-refractivity contribution is 0.102. The summed E-state index contributed by atoms with van der Waals surface area (Å²) < 4.78 is 5.24. The molecule has 25 heavy (non-hydrogen) atoms. The first-order valence-corrected chi connectivity index (χ1v) is 8.94. The molecule has 0 unspecified atom stereocenters. The molecule has 0 saturated carbocycles. The minimum absolute atomic E-state index is 0.237. The number of carbonyl (C=O) groups is 1. The van der Waals surface area contributed by atoms with Crippen LogP contribution < -0.4 is 15.0 Å². The number of anilines is 2. The minimum Gasteiger partial charge on any atom is -0.496 e. The normalized spacial score (nSPS) is 15.1. The molecule has 1 aliphatic heterocycles. The van der Waals surface area contributed by atoms with Gasteiger partial charge in [0, 0.05) is 29.5 Å². The second-order valence-electron chi connectivity index (χ2n) is 6.52. The number of ether oxygens (including phenoxy) is 1. The van der Waals surface area contributed by atoms with Crippen molar-refractivity contribution in [3.63, 3.8) is 0 Å². The van der Waals surface area contributed by atoms with Gasteiger partial charge in [-0.3, -0.25) is 4.79 Å². The minimum atomic E-state index is -0.237. The van der Waals surface area contributed by atoms with Crippen LogP contribution in [0, 0.1) is 5.92 Å². The van der Waals surface area contributed by atoms with Gasteiger partial charge in [-0.25, -0.2) is 0 Å². The number of hydrogen-bond acceptors (Lipinski definition) is 3. The van der Waals surface area contributed by atoms with Crippen LogP contribution in [0.15, 0.2) is 42.5 Å². The van der Waals surface area contributed by atoms with Gasteiger partial charge >= 0.3 is 0 Å². The fourth-order valence-corrected chi connectivity index (χ4v) is 3.25. The topological polar surface area (TPSA) is 41.6 Å². The van der Waals surface area contributed by atoms with Crippen molar-refractivity contribution in [2.45, 2.75) is 19.8 Å². The summed E-state index contributed by atoms with van der Waals surface area (Å²) >= 11 is 6.00. The van der Waals surface area contributed by atoms with Gasteiger partial charge in [-0.1, -0.05) is 18.5 Å². The lowest BCUT2D eigenvalue weighted by Crippen LogP contribution is -2.32. The predicted octanol–water partition coefficient (Wildman–Crippen LogP) is 4.84. The number of piperidine rings is 1. The zero-order valence-electron chi connectivity index (χ0n) is 14.6. The Kier molecular flexibility index (Phi) is 5.49. The van der Waals surface area contributed by atoms with Crippen LogP contribution in [0.4, 0.5) is 11.4 Å². The van der Waals surface area contributed by atoms with Crippen LogP contribution in [0.5, 0.6) is 5.75 Å². The highest BCUT2D eigenvalue weighted by atomic mass is 35.5. The van der Waals surface area contributed by atoms with E-state index in [4.69, 9.17) is 16.3 Å². The molecule has 0 atom stereocenters. The molecule has 0 aliphatic carbocycles. The Morgan fingerprint density at radius 2 is 1.84 bits per heavy atom. The van der Waals surface area contributed by atoms with E-state index in [2.05, 4.69) is 29.3 Å². The lowest BCUT2D eigenvalue weighted by Gasteiger charge is -2.32. The summed E-state index contributed by atoms with van der Waals surface area (Å²) in [6, 6.07) is 13.0. The first-order chi connectivity index (χ1) is 12.1. The van der Waals surface area contributed by atoms with Crippen molar-refractivity contribution in [3.05, 3.63) is 53.1 Å². The molecule has 0 bridgehead atoms. The summed E-state index contributed by atoms with van der Waals surface area (Å²) in [7, 11) is 1.54. The van der Waals surface area contributed by atoms with Gasteiger partial charge in [0.25, 0.3) is 5.91 Å². The van der Waals surface area contributed by atoms with Gasteiger partial charge in [0.15, 0.2) is 0 Å². The number of nitrogens with one attached hydrogen (secondary N) is 1. The highest BCUT2D eigenvalue weighted by Crippen LogP contribution is 2.26. The van der Waals surface area contributed by atoms with E-state index in [1.165, 1.54) is 25.6 Å². The smallest absolute Gasteiger partial charge is 0.259 e. The summed E-state index contributed by atoms with van der Waals surface area (Å²) in [6.07, 6.45) is 2.46. The summed E-state index contributed by atoms with van der Waals surface area (Å²) in [5.41, 5.74) is 2.37. The molecular weight excluding hydrogens is 336 g/mol. The maximum atomic E-state index is 12.5.